The van der Waals surface area contributed by atoms with Crippen LogP contribution in [0.3, 0.4) is 0 Å². The molecule has 2 unspecified atom stereocenters. The molecular weight excluding hydrogens is 376 g/mol. The van der Waals surface area contributed by atoms with Gasteiger partial charge in [-0.3, -0.25) is 0 Å². The second kappa shape index (κ2) is 9.28. The summed E-state index contributed by atoms with van der Waals surface area (Å²) in [7, 11) is 0. The van der Waals surface area contributed by atoms with Crippen LogP contribution in [0, 0.1) is 17.3 Å². The molecular formula is C26H42O4. The highest BCUT2D eigenvalue weighted by molar-refractivity contribution is 5.38. The third kappa shape index (κ3) is 5.27. The first-order chi connectivity index (χ1) is 14.0. The summed E-state index contributed by atoms with van der Waals surface area (Å²) >= 11 is 0. The molecule has 3 aliphatic carbocycles. The fraction of sp³-hybridized carbons (Fsp3) is 0.769. The number of fused-ring (bicyclic) bond motifs is 1. The molecule has 4 nitrogen and oxygen atoms in total. The molecule has 3 aliphatic rings. The quantitative estimate of drug-likeness (QED) is 0.585. The number of allylic oxidation sites excluding steroid dienone is 3. The lowest BCUT2D eigenvalue weighted by atomic mass is 9.62. The number of aliphatic hydroxyl groups is 3. The Kier molecular flexibility index (Phi) is 7.33. The second-order valence-electron chi connectivity index (χ2n) is 10.8. The number of hydrogen-bond acceptors (Lipinski definition) is 4. The molecule has 0 spiro atoms. The molecule has 3 fully saturated rings. The van der Waals surface area contributed by atoms with E-state index < -0.39 is 17.8 Å². The van der Waals surface area contributed by atoms with Gasteiger partial charge in [-0.05, 0) is 94.1 Å². The maximum atomic E-state index is 10.1. The normalized spacial score (nSPS) is 38.8. The summed E-state index contributed by atoms with van der Waals surface area (Å²) in [6.07, 6.45) is 11.0. The number of hydrogen-bond donors (Lipinski definition) is 3. The Balaban J connectivity index is 1.70. The average molecular weight is 419 g/mol. The van der Waals surface area contributed by atoms with Crippen molar-refractivity contribution in [2.24, 2.45) is 17.3 Å². The molecule has 0 radical (unpaired) electrons. The monoisotopic (exact) mass is 418 g/mol. The van der Waals surface area contributed by atoms with Crippen LogP contribution < -0.4 is 0 Å². The molecule has 0 aromatic rings. The minimum Gasteiger partial charge on any atom is -0.393 e. The van der Waals surface area contributed by atoms with E-state index >= 15 is 0 Å². The third-order valence-electron chi connectivity index (χ3n) is 7.96. The van der Waals surface area contributed by atoms with Crippen LogP contribution in [0.15, 0.2) is 35.5 Å². The van der Waals surface area contributed by atoms with Gasteiger partial charge < -0.3 is 20.1 Å². The van der Waals surface area contributed by atoms with Gasteiger partial charge in [0.1, 0.15) is 0 Å². The van der Waals surface area contributed by atoms with Gasteiger partial charge in [-0.1, -0.05) is 31.2 Å². The summed E-state index contributed by atoms with van der Waals surface area (Å²) in [5, 5.41) is 30.1. The van der Waals surface area contributed by atoms with Crippen molar-refractivity contribution in [1.29, 1.82) is 0 Å². The van der Waals surface area contributed by atoms with Gasteiger partial charge in [0, 0.05) is 13.0 Å². The van der Waals surface area contributed by atoms with E-state index in [-0.39, 0.29) is 11.5 Å². The van der Waals surface area contributed by atoms with E-state index in [1.165, 1.54) is 31.3 Å². The largest absolute Gasteiger partial charge is 0.393 e. The molecule has 4 heteroatoms. The van der Waals surface area contributed by atoms with Gasteiger partial charge >= 0.3 is 0 Å². The lowest BCUT2D eigenvalue weighted by Crippen LogP contribution is -2.39. The zero-order valence-corrected chi connectivity index (χ0v) is 19.4. The lowest BCUT2D eigenvalue weighted by molar-refractivity contribution is -0.0454. The Hall–Kier alpha value is -0.940. The number of rotatable bonds is 6. The first-order valence-electron chi connectivity index (χ1n) is 11.8. The maximum Gasteiger partial charge on any atom is 0.0811 e. The van der Waals surface area contributed by atoms with E-state index in [9.17, 15) is 15.3 Å². The van der Waals surface area contributed by atoms with Crippen LogP contribution in [0.25, 0.3) is 0 Å². The van der Waals surface area contributed by atoms with Crippen molar-refractivity contribution < 1.29 is 20.1 Å². The Morgan fingerprint density at radius 3 is 2.70 bits per heavy atom. The SMILES string of the molecule is C=C1C(=CC=C2CCC[C@@]3(C)C2CC[C@@H]3C(C)OCCC(C)(C)O)C[C@@H](O)C[C@@H]1O. The van der Waals surface area contributed by atoms with Crippen molar-refractivity contribution in [2.75, 3.05) is 6.61 Å². The molecule has 0 bridgehead atoms. The van der Waals surface area contributed by atoms with Crippen LogP contribution >= 0.6 is 0 Å². The molecule has 0 amide bonds. The van der Waals surface area contributed by atoms with Crippen molar-refractivity contribution in [3.05, 3.63) is 35.5 Å². The summed E-state index contributed by atoms with van der Waals surface area (Å²) in [5.41, 5.74) is 2.82. The highest BCUT2D eigenvalue weighted by Gasteiger charge is 2.51. The van der Waals surface area contributed by atoms with E-state index in [1.807, 2.05) is 13.8 Å². The average Bonchev–Trinajstić information content (AvgIpc) is 3.00. The highest BCUT2D eigenvalue weighted by Crippen LogP contribution is 2.58. The summed E-state index contributed by atoms with van der Waals surface area (Å²) in [6.45, 7) is 13.0. The van der Waals surface area contributed by atoms with Crippen molar-refractivity contribution in [1.82, 2.24) is 0 Å². The molecule has 6 atom stereocenters. The maximum absolute atomic E-state index is 10.1. The van der Waals surface area contributed by atoms with E-state index in [0.717, 1.165) is 17.6 Å². The Morgan fingerprint density at radius 1 is 1.27 bits per heavy atom. The molecule has 0 saturated heterocycles. The zero-order valence-electron chi connectivity index (χ0n) is 19.4. The molecule has 3 rings (SSSR count). The van der Waals surface area contributed by atoms with E-state index in [4.69, 9.17) is 4.74 Å². The van der Waals surface area contributed by atoms with Crippen molar-refractivity contribution >= 4 is 0 Å². The van der Waals surface area contributed by atoms with Crippen LogP contribution in [-0.2, 0) is 4.74 Å². The summed E-state index contributed by atoms with van der Waals surface area (Å²) in [4.78, 5) is 0. The van der Waals surface area contributed by atoms with Gasteiger partial charge in [0.15, 0.2) is 0 Å². The number of aliphatic hydroxyl groups excluding tert-OH is 2. The summed E-state index contributed by atoms with van der Waals surface area (Å²) in [6, 6.07) is 0. The van der Waals surface area contributed by atoms with Crippen LogP contribution in [0.4, 0.5) is 0 Å². The van der Waals surface area contributed by atoms with Crippen molar-refractivity contribution in [2.45, 2.75) is 103 Å². The minimum atomic E-state index is -0.680. The molecule has 3 N–H and O–H groups in total. The topological polar surface area (TPSA) is 69.9 Å². The van der Waals surface area contributed by atoms with Crippen LogP contribution in [0.2, 0.25) is 0 Å². The second-order valence-corrected chi connectivity index (χ2v) is 10.8. The van der Waals surface area contributed by atoms with Gasteiger partial charge in [0.05, 0.1) is 23.9 Å². The molecule has 3 saturated carbocycles. The standard InChI is InChI=1S/C26H42O4/c1-17-20(15-21(27)16-24(17)28)9-8-19-7-6-12-26(5)22(10-11-23(19)26)18(2)30-14-13-25(3,4)29/h8-9,18,21-24,27-29H,1,6-7,10-16H2,2-5H3/t18?,21-,22-,23?,24+,26-/m1/s1. The van der Waals surface area contributed by atoms with Gasteiger partial charge in [-0.25, -0.2) is 0 Å². The molecule has 0 aliphatic heterocycles. The predicted octanol–water partition coefficient (Wildman–Crippen LogP) is 4.69. The van der Waals surface area contributed by atoms with Gasteiger partial charge in [-0.2, -0.15) is 0 Å². The van der Waals surface area contributed by atoms with Gasteiger partial charge in [0.25, 0.3) is 0 Å². The molecule has 0 heterocycles. The molecule has 170 valence electrons. The van der Waals surface area contributed by atoms with E-state index in [2.05, 4.69) is 32.6 Å². The van der Waals surface area contributed by atoms with Crippen LogP contribution in [-0.4, -0.2) is 45.8 Å². The number of ether oxygens (including phenoxy) is 1. The van der Waals surface area contributed by atoms with E-state index in [1.54, 1.807) is 0 Å². The third-order valence-corrected chi connectivity index (χ3v) is 7.96. The minimum absolute atomic E-state index is 0.198. The van der Waals surface area contributed by atoms with E-state index in [0.29, 0.717) is 37.7 Å². The molecule has 0 aromatic carbocycles. The van der Waals surface area contributed by atoms with Crippen LogP contribution in [0.5, 0.6) is 0 Å². The van der Waals surface area contributed by atoms with Crippen LogP contribution in [0.1, 0.15) is 79.1 Å². The smallest absolute Gasteiger partial charge is 0.0811 e. The Labute approximate surface area is 182 Å². The van der Waals surface area contributed by atoms with Crippen molar-refractivity contribution in [3.8, 4) is 0 Å². The predicted molar refractivity (Wildman–Crippen MR) is 121 cm³/mol. The molecule has 0 aromatic heterocycles. The van der Waals surface area contributed by atoms with Gasteiger partial charge in [0.2, 0.25) is 0 Å². The summed E-state index contributed by atoms with van der Waals surface area (Å²) < 4.78 is 6.19. The first kappa shape index (κ1) is 23.7. The van der Waals surface area contributed by atoms with Gasteiger partial charge in [-0.15, -0.1) is 0 Å². The lowest BCUT2D eigenvalue weighted by Gasteiger charge is -2.44. The molecule has 30 heavy (non-hydrogen) atoms. The fourth-order valence-electron chi connectivity index (χ4n) is 6.13. The zero-order chi connectivity index (χ0) is 22.1. The Bertz CT molecular complexity index is 686. The first-order valence-corrected chi connectivity index (χ1v) is 11.8. The van der Waals surface area contributed by atoms with Crippen molar-refractivity contribution in [3.63, 3.8) is 0 Å². The summed E-state index contributed by atoms with van der Waals surface area (Å²) in [5.74, 6) is 1.11. The highest BCUT2D eigenvalue weighted by atomic mass is 16.5. The fourth-order valence-corrected chi connectivity index (χ4v) is 6.13. The Morgan fingerprint density at radius 2 is 2.00 bits per heavy atom.